The second kappa shape index (κ2) is 3.81. The molecule has 1 aromatic rings. The van der Waals surface area contributed by atoms with E-state index in [4.69, 9.17) is 0 Å². The van der Waals surface area contributed by atoms with E-state index in [0.717, 1.165) is 13.3 Å². The highest BCUT2D eigenvalue weighted by molar-refractivity contribution is 5.59. The van der Waals surface area contributed by atoms with Crippen LogP contribution in [0.5, 0.6) is 0 Å². The number of anilines is 2. The number of rotatable bonds is 2. The molecule has 1 aromatic carbocycles. The zero-order chi connectivity index (χ0) is 10.8. The topological polar surface area (TPSA) is 30.5 Å². The minimum absolute atomic E-state index is 0.852. The van der Waals surface area contributed by atoms with Gasteiger partial charge in [0.2, 0.25) is 0 Å². The number of nitrogens with zero attached hydrogens (tertiary/aromatic N) is 2. The van der Waals surface area contributed by atoms with E-state index in [1.807, 2.05) is 24.8 Å². The third kappa shape index (κ3) is 1.58. The Kier molecular flexibility index (Phi) is 2.18. The summed E-state index contributed by atoms with van der Waals surface area (Å²) in [5.74, 6) is 0. The van der Waals surface area contributed by atoms with E-state index in [1.54, 1.807) is 0 Å². The van der Waals surface area contributed by atoms with E-state index in [0.29, 0.717) is 0 Å². The fourth-order valence-electron chi connectivity index (χ4n) is 1.88. The molecule has 3 rings (SSSR count). The summed E-state index contributed by atoms with van der Waals surface area (Å²) in [5.41, 5.74) is 2.42. The molecule has 0 fully saturated rings. The lowest BCUT2D eigenvalue weighted by Crippen LogP contribution is -2.21. The minimum Gasteiger partial charge on any atom is -0.372 e. The van der Waals surface area contributed by atoms with Crippen LogP contribution in [0.3, 0.4) is 0 Å². The predicted molar refractivity (Wildman–Crippen MR) is 65.7 cm³/mol. The molecule has 0 amide bonds. The maximum absolute atomic E-state index is 3.15. The van der Waals surface area contributed by atoms with Gasteiger partial charge in [0, 0.05) is 36.2 Å². The van der Waals surface area contributed by atoms with Crippen molar-refractivity contribution in [3.8, 4) is 0 Å². The summed E-state index contributed by atoms with van der Waals surface area (Å²) in [6.45, 7) is 1.70. The highest BCUT2D eigenvalue weighted by atomic mass is 15.3. The third-order valence-corrected chi connectivity index (χ3v) is 2.78. The third-order valence-electron chi connectivity index (χ3n) is 2.78. The lowest BCUT2D eigenvalue weighted by Gasteiger charge is -2.18. The first-order valence-corrected chi connectivity index (χ1v) is 5.37. The van der Waals surface area contributed by atoms with Gasteiger partial charge in [-0.1, -0.05) is 0 Å². The standard InChI is InChI=1S/C12H14N4/c1-2-12(16-8-6-14-10-16)4-3-11(1)15-7-5-13-9-15/h1-8,13-14H,9-10H2. The Morgan fingerprint density at radius 3 is 1.50 bits per heavy atom. The molecule has 82 valence electrons. The van der Waals surface area contributed by atoms with Crippen molar-refractivity contribution in [2.75, 3.05) is 23.1 Å². The van der Waals surface area contributed by atoms with Crippen molar-refractivity contribution in [2.45, 2.75) is 0 Å². The number of benzene rings is 1. The first-order valence-electron chi connectivity index (χ1n) is 5.37. The molecular weight excluding hydrogens is 200 g/mol. The second-order valence-electron chi connectivity index (χ2n) is 3.81. The van der Waals surface area contributed by atoms with Crippen molar-refractivity contribution >= 4 is 11.4 Å². The van der Waals surface area contributed by atoms with Crippen LogP contribution in [0.4, 0.5) is 11.4 Å². The van der Waals surface area contributed by atoms with Crippen LogP contribution in [-0.4, -0.2) is 13.3 Å². The van der Waals surface area contributed by atoms with Crippen LogP contribution in [0.1, 0.15) is 0 Å². The van der Waals surface area contributed by atoms with Gasteiger partial charge in [0.1, 0.15) is 0 Å². The van der Waals surface area contributed by atoms with Crippen LogP contribution < -0.4 is 20.4 Å². The van der Waals surface area contributed by atoms with Crippen molar-refractivity contribution in [2.24, 2.45) is 0 Å². The molecule has 0 aliphatic carbocycles. The lowest BCUT2D eigenvalue weighted by molar-refractivity contribution is 0.894. The summed E-state index contributed by atoms with van der Waals surface area (Å²) in [5, 5.41) is 6.31. The number of nitrogens with one attached hydrogen (secondary N) is 2. The van der Waals surface area contributed by atoms with Crippen molar-refractivity contribution in [1.29, 1.82) is 0 Å². The van der Waals surface area contributed by atoms with E-state index in [2.05, 4.69) is 44.7 Å². The van der Waals surface area contributed by atoms with Gasteiger partial charge in [-0.2, -0.15) is 0 Å². The molecule has 0 saturated heterocycles. The van der Waals surface area contributed by atoms with E-state index in [-0.39, 0.29) is 0 Å². The normalized spacial score (nSPS) is 17.8. The first kappa shape index (κ1) is 9.15. The SMILES string of the molecule is C1=CN(c2ccc(N3C=CNC3)cc2)CN1. The van der Waals surface area contributed by atoms with Crippen LogP contribution in [0.25, 0.3) is 0 Å². The summed E-state index contributed by atoms with van der Waals surface area (Å²) in [4.78, 5) is 4.34. The first-order chi connectivity index (χ1) is 7.93. The van der Waals surface area contributed by atoms with Crippen molar-refractivity contribution in [3.05, 3.63) is 49.1 Å². The summed E-state index contributed by atoms with van der Waals surface area (Å²) < 4.78 is 0. The molecule has 0 aromatic heterocycles. The van der Waals surface area contributed by atoms with Gasteiger partial charge in [-0.25, -0.2) is 0 Å². The Morgan fingerprint density at radius 2 is 1.19 bits per heavy atom. The summed E-state index contributed by atoms with van der Waals surface area (Å²) >= 11 is 0. The van der Waals surface area contributed by atoms with Gasteiger partial charge in [-0.3, -0.25) is 0 Å². The highest BCUT2D eigenvalue weighted by Crippen LogP contribution is 2.22. The smallest absolute Gasteiger partial charge is 0.0916 e. The molecule has 0 bridgehead atoms. The maximum atomic E-state index is 3.15. The van der Waals surface area contributed by atoms with Crippen molar-refractivity contribution in [3.63, 3.8) is 0 Å². The molecular formula is C12H14N4. The Hall–Kier alpha value is -2.10. The number of hydrogen-bond acceptors (Lipinski definition) is 4. The summed E-state index contributed by atoms with van der Waals surface area (Å²) in [6, 6.07) is 8.55. The van der Waals surface area contributed by atoms with Crippen LogP contribution in [0, 0.1) is 0 Å². The van der Waals surface area contributed by atoms with Crippen LogP contribution >= 0.6 is 0 Å². The Morgan fingerprint density at radius 1 is 0.750 bits per heavy atom. The molecule has 0 unspecified atom stereocenters. The Balaban J connectivity index is 1.79. The van der Waals surface area contributed by atoms with E-state index in [9.17, 15) is 0 Å². The van der Waals surface area contributed by atoms with Gasteiger partial charge in [-0.05, 0) is 24.3 Å². The predicted octanol–water partition coefficient (Wildman–Crippen LogP) is 1.36. The van der Waals surface area contributed by atoms with Crippen molar-refractivity contribution < 1.29 is 0 Å². The summed E-state index contributed by atoms with van der Waals surface area (Å²) in [7, 11) is 0. The van der Waals surface area contributed by atoms with E-state index < -0.39 is 0 Å². The molecule has 16 heavy (non-hydrogen) atoms. The highest BCUT2D eigenvalue weighted by Gasteiger charge is 2.09. The largest absolute Gasteiger partial charge is 0.372 e. The van der Waals surface area contributed by atoms with Crippen LogP contribution in [-0.2, 0) is 0 Å². The Labute approximate surface area is 94.8 Å². The van der Waals surface area contributed by atoms with Crippen LogP contribution in [0.2, 0.25) is 0 Å². The van der Waals surface area contributed by atoms with Gasteiger partial charge >= 0.3 is 0 Å². The minimum atomic E-state index is 0.852. The molecule has 0 spiro atoms. The molecule has 0 radical (unpaired) electrons. The lowest BCUT2D eigenvalue weighted by atomic mass is 10.2. The molecule has 0 atom stereocenters. The average molecular weight is 214 g/mol. The van der Waals surface area contributed by atoms with Gasteiger partial charge < -0.3 is 20.4 Å². The molecule has 4 nitrogen and oxygen atoms in total. The fraction of sp³-hybridized carbons (Fsp3) is 0.167. The van der Waals surface area contributed by atoms with Gasteiger partial charge in [0.05, 0.1) is 13.3 Å². The van der Waals surface area contributed by atoms with Gasteiger partial charge in [0.15, 0.2) is 0 Å². The second-order valence-corrected chi connectivity index (χ2v) is 3.81. The van der Waals surface area contributed by atoms with E-state index >= 15 is 0 Å². The number of hydrogen-bond donors (Lipinski definition) is 2. The molecule has 2 aliphatic heterocycles. The van der Waals surface area contributed by atoms with Gasteiger partial charge in [-0.15, -0.1) is 0 Å². The molecule has 0 saturated carbocycles. The van der Waals surface area contributed by atoms with Crippen LogP contribution in [0.15, 0.2) is 49.1 Å². The summed E-state index contributed by atoms with van der Waals surface area (Å²) in [6.07, 6.45) is 8.01. The molecule has 2 N–H and O–H groups in total. The maximum Gasteiger partial charge on any atom is 0.0916 e. The quantitative estimate of drug-likeness (QED) is 0.778. The van der Waals surface area contributed by atoms with Gasteiger partial charge in [0.25, 0.3) is 0 Å². The zero-order valence-corrected chi connectivity index (χ0v) is 8.93. The molecule has 4 heteroatoms. The average Bonchev–Trinajstić information content (AvgIpc) is 3.03. The monoisotopic (exact) mass is 214 g/mol. The van der Waals surface area contributed by atoms with Crippen molar-refractivity contribution in [1.82, 2.24) is 10.6 Å². The van der Waals surface area contributed by atoms with E-state index in [1.165, 1.54) is 11.4 Å². The Bertz CT molecular complexity index is 380. The molecule has 2 heterocycles. The fourth-order valence-corrected chi connectivity index (χ4v) is 1.88. The zero-order valence-electron chi connectivity index (χ0n) is 8.93. The molecule has 2 aliphatic rings.